The second-order valence-electron chi connectivity index (χ2n) is 2.53. The molecule has 0 bridgehead atoms. The molecule has 0 saturated heterocycles. The summed E-state index contributed by atoms with van der Waals surface area (Å²) < 4.78 is 4.90. The number of nitrogens with zero attached hydrogens (tertiary/aromatic N) is 2. The molecule has 5 nitrogen and oxygen atoms in total. The highest BCUT2D eigenvalue weighted by molar-refractivity contribution is 5.41. The summed E-state index contributed by atoms with van der Waals surface area (Å²) in [7, 11) is 1.65. The van der Waals surface area contributed by atoms with E-state index < -0.39 is 0 Å². The summed E-state index contributed by atoms with van der Waals surface area (Å²) in [6, 6.07) is 1.85. The molecule has 1 aromatic heterocycles. The van der Waals surface area contributed by atoms with Crippen molar-refractivity contribution in [2.45, 2.75) is 6.54 Å². The maximum Gasteiger partial charge on any atom is 0.153 e. The Hall–Kier alpha value is -1.20. The number of aromatic nitrogens is 2. The van der Waals surface area contributed by atoms with E-state index in [1.807, 2.05) is 6.07 Å². The molecule has 0 atom stereocenters. The second kappa shape index (κ2) is 5.45. The Morgan fingerprint density at radius 3 is 3.15 bits per heavy atom. The summed E-state index contributed by atoms with van der Waals surface area (Å²) in [4.78, 5) is 0. The molecule has 0 aromatic carbocycles. The van der Waals surface area contributed by atoms with Gasteiger partial charge in [0.05, 0.1) is 12.8 Å². The first kappa shape index (κ1) is 9.88. The number of hydrogen-bond donors (Lipinski definition) is 2. The number of anilines is 1. The van der Waals surface area contributed by atoms with E-state index >= 15 is 0 Å². The third kappa shape index (κ3) is 2.96. The van der Waals surface area contributed by atoms with E-state index in [-0.39, 0.29) is 0 Å². The molecule has 0 saturated carbocycles. The minimum Gasteiger partial charge on any atom is -0.383 e. The molecule has 3 N–H and O–H groups in total. The highest BCUT2D eigenvalue weighted by Gasteiger charge is 2.00. The van der Waals surface area contributed by atoms with E-state index in [4.69, 9.17) is 10.5 Å². The summed E-state index contributed by atoms with van der Waals surface area (Å²) in [5.41, 5.74) is 6.48. The Labute approximate surface area is 77.3 Å². The number of hydrogen-bond acceptors (Lipinski definition) is 5. The van der Waals surface area contributed by atoms with Crippen LogP contribution in [0.2, 0.25) is 0 Å². The molecule has 0 unspecified atom stereocenters. The first-order valence-electron chi connectivity index (χ1n) is 4.12. The van der Waals surface area contributed by atoms with Gasteiger partial charge in [-0.2, -0.15) is 5.10 Å². The summed E-state index contributed by atoms with van der Waals surface area (Å²) in [6.07, 6.45) is 1.63. The molecular formula is C8H14N4O. The fraction of sp³-hybridized carbons (Fsp3) is 0.500. The zero-order chi connectivity index (χ0) is 9.52. The van der Waals surface area contributed by atoms with Crippen LogP contribution in [0.3, 0.4) is 0 Å². The van der Waals surface area contributed by atoms with Crippen LogP contribution in [0.5, 0.6) is 0 Å². The van der Waals surface area contributed by atoms with Crippen molar-refractivity contribution < 1.29 is 4.74 Å². The predicted molar refractivity (Wildman–Crippen MR) is 50.3 cm³/mol. The Morgan fingerprint density at radius 1 is 1.62 bits per heavy atom. The Bertz CT molecular complexity index is 254. The van der Waals surface area contributed by atoms with E-state index in [0.29, 0.717) is 19.7 Å². The van der Waals surface area contributed by atoms with E-state index in [1.54, 1.807) is 13.3 Å². The second-order valence-corrected chi connectivity index (χ2v) is 2.53. The van der Waals surface area contributed by atoms with E-state index in [2.05, 4.69) is 15.5 Å². The number of nitrogens with two attached hydrogens (primary N) is 1. The van der Waals surface area contributed by atoms with Gasteiger partial charge in [-0.15, -0.1) is 5.10 Å². The molecule has 1 heterocycles. The molecule has 0 aliphatic carbocycles. The average molecular weight is 182 g/mol. The Kier molecular flexibility index (Phi) is 4.14. The topological polar surface area (TPSA) is 73.1 Å². The average Bonchev–Trinajstić information content (AvgIpc) is 2.19. The van der Waals surface area contributed by atoms with Crippen molar-refractivity contribution >= 4 is 5.82 Å². The van der Waals surface area contributed by atoms with Crippen LogP contribution < -0.4 is 11.1 Å². The Balaban J connectivity index is 2.54. The first-order chi connectivity index (χ1) is 6.38. The van der Waals surface area contributed by atoms with Crippen LogP contribution >= 0.6 is 0 Å². The smallest absolute Gasteiger partial charge is 0.153 e. The van der Waals surface area contributed by atoms with Crippen LogP contribution in [0.4, 0.5) is 5.82 Å². The van der Waals surface area contributed by atoms with Crippen LogP contribution in [-0.2, 0) is 11.3 Å². The quantitative estimate of drug-likeness (QED) is 0.627. The van der Waals surface area contributed by atoms with E-state index in [1.165, 1.54) is 0 Å². The van der Waals surface area contributed by atoms with Crippen LogP contribution in [0, 0.1) is 0 Å². The van der Waals surface area contributed by atoms with Crippen molar-refractivity contribution in [3.8, 4) is 0 Å². The molecule has 0 aliphatic rings. The highest BCUT2D eigenvalue weighted by atomic mass is 16.5. The van der Waals surface area contributed by atoms with Crippen molar-refractivity contribution in [1.29, 1.82) is 0 Å². The van der Waals surface area contributed by atoms with Gasteiger partial charge in [-0.25, -0.2) is 0 Å². The zero-order valence-corrected chi connectivity index (χ0v) is 7.66. The zero-order valence-electron chi connectivity index (χ0n) is 7.66. The van der Waals surface area contributed by atoms with Crippen molar-refractivity contribution in [1.82, 2.24) is 10.2 Å². The first-order valence-corrected chi connectivity index (χ1v) is 4.12. The lowest BCUT2D eigenvalue weighted by atomic mass is 10.3. The SMILES string of the molecule is COCCNc1nnccc1CN. The summed E-state index contributed by atoms with van der Waals surface area (Å²) >= 11 is 0. The highest BCUT2D eigenvalue weighted by Crippen LogP contribution is 2.07. The fourth-order valence-corrected chi connectivity index (χ4v) is 0.943. The normalized spacial score (nSPS) is 10.0. The maximum absolute atomic E-state index is 5.52. The van der Waals surface area contributed by atoms with Crippen LogP contribution in [-0.4, -0.2) is 30.5 Å². The molecule has 0 amide bonds. The fourth-order valence-electron chi connectivity index (χ4n) is 0.943. The third-order valence-electron chi connectivity index (χ3n) is 1.62. The van der Waals surface area contributed by atoms with Crippen LogP contribution in [0.1, 0.15) is 5.56 Å². The molecule has 1 rings (SSSR count). The van der Waals surface area contributed by atoms with Gasteiger partial charge in [0, 0.05) is 25.8 Å². The Morgan fingerprint density at radius 2 is 2.46 bits per heavy atom. The van der Waals surface area contributed by atoms with Gasteiger partial charge in [0.25, 0.3) is 0 Å². The van der Waals surface area contributed by atoms with Gasteiger partial charge in [0.1, 0.15) is 0 Å². The molecule has 0 spiro atoms. The lowest BCUT2D eigenvalue weighted by molar-refractivity contribution is 0.210. The van der Waals surface area contributed by atoms with Crippen molar-refractivity contribution in [3.05, 3.63) is 17.8 Å². The molecule has 1 aromatic rings. The lowest BCUT2D eigenvalue weighted by Gasteiger charge is -2.07. The minimum absolute atomic E-state index is 0.463. The van der Waals surface area contributed by atoms with Gasteiger partial charge in [0.2, 0.25) is 0 Å². The predicted octanol–water partition coefficient (Wildman–Crippen LogP) is -0.00640. The third-order valence-corrected chi connectivity index (χ3v) is 1.62. The molecule has 0 fully saturated rings. The molecule has 0 radical (unpaired) electrons. The molecule has 5 heteroatoms. The number of nitrogens with one attached hydrogen (secondary N) is 1. The van der Waals surface area contributed by atoms with Crippen molar-refractivity contribution in [2.24, 2.45) is 5.73 Å². The number of methoxy groups -OCH3 is 1. The summed E-state index contributed by atoms with van der Waals surface area (Å²) in [5, 5.41) is 10.8. The molecule has 0 aliphatic heterocycles. The van der Waals surface area contributed by atoms with Crippen LogP contribution in [0.15, 0.2) is 12.3 Å². The van der Waals surface area contributed by atoms with E-state index in [0.717, 1.165) is 11.4 Å². The largest absolute Gasteiger partial charge is 0.383 e. The van der Waals surface area contributed by atoms with Crippen molar-refractivity contribution in [3.63, 3.8) is 0 Å². The van der Waals surface area contributed by atoms with Crippen LogP contribution in [0.25, 0.3) is 0 Å². The monoisotopic (exact) mass is 182 g/mol. The van der Waals surface area contributed by atoms with Gasteiger partial charge in [-0.3, -0.25) is 0 Å². The van der Waals surface area contributed by atoms with Gasteiger partial charge in [0.15, 0.2) is 5.82 Å². The van der Waals surface area contributed by atoms with Crippen molar-refractivity contribution in [2.75, 3.05) is 25.6 Å². The molecular weight excluding hydrogens is 168 g/mol. The van der Waals surface area contributed by atoms with Gasteiger partial charge < -0.3 is 15.8 Å². The lowest BCUT2D eigenvalue weighted by Crippen LogP contribution is -2.12. The van der Waals surface area contributed by atoms with Gasteiger partial charge >= 0.3 is 0 Å². The molecule has 72 valence electrons. The standard InChI is InChI=1S/C8H14N4O/c1-13-5-4-10-8-7(6-9)2-3-11-12-8/h2-3H,4-6,9H2,1H3,(H,10,12). The summed E-state index contributed by atoms with van der Waals surface area (Å²) in [6.45, 7) is 1.81. The minimum atomic E-state index is 0.463. The number of rotatable bonds is 5. The number of ether oxygens (including phenoxy) is 1. The maximum atomic E-state index is 5.52. The van der Waals surface area contributed by atoms with Gasteiger partial charge in [-0.1, -0.05) is 0 Å². The van der Waals surface area contributed by atoms with E-state index in [9.17, 15) is 0 Å². The summed E-state index contributed by atoms with van der Waals surface area (Å²) in [5.74, 6) is 0.738. The molecule has 13 heavy (non-hydrogen) atoms. The van der Waals surface area contributed by atoms with Gasteiger partial charge in [-0.05, 0) is 6.07 Å².